The molecule has 0 radical (unpaired) electrons. The number of benzene rings is 1. The highest BCUT2D eigenvalue weighted by molar-refractivity contribution is 5.35. The minimum Gasteiger partial charge on any atom is -0.379 e. The molecule has 5 heteroatoms. The summed E-state index contributed by atoms with van der Waals surface area (Å²) >= 11 is 0. The van der Waals surface area contributed by atoms with Crippen LogP contribution in [0.2, 0.25) is 0 Å². The van der Waals surface area contributed by atoms with Crippen molar-refractivity contribution in [3.8, 4) is 0 Å². The number of ether oxygens (including phenoxy) is 1. The second-order valence-corrected chi connectivity index (χ2v) is 4.79. The minimum atomic E-state index is -4.30. The molecule has 0 aliphatic carbocycles. The summed E-state index contributed by atoms with van der Waals surface area (Å²) in [5, 5.41) is 3.29. The number of nitrogens with one attached hydrogen (secondary N) is 1. The van der Waals surface area contributed by atoms with Crippen LogP contribution in [-0.4, -0.2) is 19.8 Å². The molecule has 114 valence electrons. The van der Waals surface area contributed by atoms with Crippen molar-refractivity contribution in [2.24, 2.45) is 0 Å². The maximum Gasteiger partial charge on any atom is 0.416 e. The van der Waals surface area contributed by atoms with Crippen molar-refractivity contribution in [3.05, 3.63) is 34.9 Å². The summed E-state index contributed by atoms with van der Waals surface area (Å²) in [6, 6.07) is 3.78. The first kappa shape index (κ1) is 17.0. The highest BCUT2D eigenvalue weighted by Gasteiger charge is 2.31. The number of rotatable bonds is 6. The molecular formula is C15H22F3NO. The number of hydrogen-bond acceptors (Lipinski definition) is 2. The highest BCUT2D eigenvalue weighted by Crippen LogP contribution is 2.32. The van der Waals surface area contributed by atoms with Gasteiger partial charge in [0.2, 0.25) is 0 Å². The van der Waals surface area contributed by atoms with Gasteiger partial charge in [0, 0.05) is 7.11 Å². The average Bonchev–Trinajstić information content (AvgIpc) is 2.38. The number of aryl methyl sites for hydroxylation is 1. The van der Waals surface area contributed by atoms with Crippen LogP contribution in [0.25, 0.3) is 0 Å². The molecule has 1 rings (SSSR count). The fourth-order valence-electron chi connectivity index (χ4n) is 2.40. The zero-order valence-corrected chi connectivity index (χ0v) is 12.3. The summed E-state index contributed by atoms with van der Waals surface area (Å²) in [5.74, 6) is 0. The van der Waals surface area contributed by atoms with E-state index >= 15 is 0 Å². The van der Waals surface area contributed by atoms with Gasteiger partial charge in [-0.2, -0.15) is 13.2 Å². The predicted molar refractivity (Wildman–Crippen MR) is 73.7 cm³/mol. The highest BCUT2D eigenvalue weighted by atomic mass is 19.4. The quantitative estimate of drug-likeness (QED) is 0.851. The molecular weight excluding hydrogens is 267 g/mol. The summed E-state index contributed by atoms with van der Waals surface area (Å²) in [5.41, 5.74) is 0.870. The standard InChI is InChI=1S/C15H22F3NO/c1-5-13(20-4)14(19-6-2)12-8-7-11(9-10(12)3)15(16,17)18/h7-9,13-14,19H,5-6H2,1-4H3. The molecule has 0 amide bonds. The molecule has 0 aliphatic heterocycles. The van der Waals surface area contributed by atoms with Crippen LogP contribution in [0.4, 0.5) is 13.2 Å². The first-order valence-electron chi connectivity index (χ1n) is 6.79. The molecule has 20 heavy (non-hydrogen) atoms. The van der Waals surface area contributed by atoms with E-state index in [1.807, 2.05) is 13.8 Å². The topological polar surface area (TPSA) is 21.3 Å². The number of alkyl halides is 3. The van der Waals surface area contributed by atoms with Gasteiger partial charge in [-0.15, -0.1) is 0 Å². The van der Waals surface area contributed by atoms with Gasteiger partial charge in [0.25, 0.3) is 0 Å². The van der Waals surface area contributed by atoms with Crippen LogP contribution in [0, 0.1) is 6.92 Å². The largest absolute Gasteiger partial charge is 0.416 e. The Labute approximate surface area is 118 Å². The molecule has 0 aliphatic rings. The van der Waals surface area contributed by atoms with E-state index in [4.69, 9.17) is 4.74 Å². The van der Waals surface area contributed by atoms with E-state index in [9.17, 15) is 13.2 Å². The van der Waals surface area contributed by atoms with Gasteiger partial charge in [-0.05, 0) is 43.1 Å². The van der Waals surface area contributed by atoms with Gasteiger partial charge in [-0.25, -0.2) is 0 Å². The SMILES string of the molecule is CCNC(c1ccc(C(F)(F)F)cc1C)C(CC)OC. The van der Waals surface area contributed by atoms with E-state index < -0.39 is 11.7 Å². The van der Waals surface area contributed by atoms with Crippen molar-refractivity contribution in [2.75, 3.05) is 13.7 Å². The second kappa shape index (κ2) is 7.09. The summed E-state index contributed by atoms with van der Waals surface area (Å²) < 4.78 is 43.5. The lowest BCUT2D eigenvalue weighted by molar-refractivity contribution is -0.137. The number of halogens is 3. The first-order valence-corrected chi connectivity index (χ1v) is 6.79. The molecule has 2 atom stereocenters. The molecule has 0 fully saturated rings. The lowest BCUT2D eigenvalue weighted by atomic mass is 9.94. The van der Waals surface area contributed by atoms with Crippen molar-refractivity contribution in [2.45, 2.75) is 45.5 Å². The van der Waals surface area contributed by atoms with Gasteiger partial charge in [0.05, 0.1) is 17.7 Å². The van der Waals surface area contributed by atoms with Crippen LogP contribution in [0.5, 0.6) is 0 Å². The molecule has 1 aromatic rings. The average molecular weight is 289 g/mol. The normalized spacial score (nSPS) is 15.2. The van der Waals surface area contributed by atoms with E-state index in [-0.39, 0.29) is 12.1 Å². The Hall–Kier alpha value is -1.07. The van der Waals surface area contributed by atoms with Crippen molar-refractivity contribution in [1.82, 2.24) is 5.32 Å². The molecule has 0 aromatic heterocycles. The summed E-state index contributed by atoms with van der Waals surface area (Å²) in [6.45, 7) is 6.40. The maximum atomic E-state index is 12.7. The van der Waals surface area contributed by atoms with Gasteiger partial charge in [0.15, 0.2) is 0 Å². The molecule has 1 aromatic carbocycles. The van der Waals surface area contributed by atoms with Crippen LogP contribution in [-0.2, 0) is 10.9 Å². The lowest BCUT2D eigenvalue weighted by Gasteiger charge is -2.28. The molecule has 1 N–H and O–H groups in total. The Bertz CT molecular complexity index is 428. The number of likely N-dealkylation sites (N-methyl/N-ethyl adjacent to an activating group) is 1. The van der Waals surface area contributed by atoms with E-state index in [1.165, 1.54) is 6.07 Å². The Morgan fingerprint density at radius 2 is 1.90 bits per heavy atom. The smallest absolute Gasteiger partial charge is 0.379 e. The van der Waals surface area contributed by atoms with Crippen molar-refractivity contribution in [1.29, 1.82) is 0 Å². The van der Waals surface area contributed by atoms with Gasteiger partial charge in [0.1, 0.15) is 0 Å². The monoisotopic (exact) mass is 289 g/mol. The van der Waals surface area contributed by atoms with Crippen molar-refractivity contribution >= 4 is 0 Å². The maximum absolute atomic E-state index is 12.7. The zero-order valence-electron chi connectivity index (χ0n) is 12.3. The van der Waals surface area contributed by atoms with Crippen molar-refractivity contribution in [3.63, 3.8) is 0 Å². The van der Waals surface area contributed by atoms with Gasteiger partial charge < -0.3 is 10.1 Å². The number of hydrogen-bond donors (Lipinski definition) is 1. The third kappa shape index (κ3) is 3.96. The third-order valence-corrected chi connectivity index (χ3v) is 3.43. The second-order valence-electron chi connectivity index (χ2n) is 4.79. The Balaban J connectivity index is 3.15. The zero-order chi connectivity index (χ0) is 15.3. The number of methoxy groups -OCH3 is 1. The molecule has 0 bridgehead atoms. The molecule has 2 unspecified atom stereocenters. The van der Waals surface area contributed by atoms with Gasteiger partial charge in [-0.3, -0.25) is 0 Å². The summed E-state index contributed by atoms with van der Waals surface area (Å²) in [4.78, 5) is 0. The molecule has 0 saturated carbocycles. The minimum absolute atomic E-state index is 0.0645. The molecule has 0 heterocycles. The van der Waals surface area contributed by atoms with Crippen molar-refractivity contribution < 1.29 is 17.9 Å². The van der Waals surface area contributed by atoms with E-state index in [1.54, 1.807) is 20.1 Å². The summed E-state index contributed by atoms with van der Waals surface area (Å²) in [7, 11) is 1.62. The molecule has 2 nitrogen and oxygen atoms in total. The third-order valence-electron chi connectivity index (χ3n) is 3.43. The Morgan fingerprint density at radius 1 is 1.25 bits per heavy atom. The van der Waals surface area contributed by atoms with Crippen LogP contribution >= 0.6 is 0 Å². The van der Waals surface area contributed by atoms with Crippen LogP contribution in [0.3, 0.4) is 0 Å². The van der Waals surface area contributed by atoms with Crippen LogP contribution in [0.1, 0.15) is 43.0 Å². The van der Waals surface area contributed by atoms with E-state index in [2.05, 4.69) is 5.32 Å². The fraction of sp³-hybridized carbons (Fsp3) is 0.600. The lowest BCUT2D eigenvalue weighted by Crippen LogP contribution is -2.33. The summed E-state index contributed by atoms with van der Waals surface area (Å²) in [6.07, 6.45) is -3.58. The predicted octanol–water partition coefficient (Wildman–Crippen LogP) is 4.09. The van der Waals surface area contributed by atoms with Gasteiger partial charge in [-0.1, -0.05) is 19.9 Å². The van der Waals surface area contributed by atoms with Gasteiger partial charge >= 0.3 is 6.18 Å². The van der Waals surface area contributed by atoms with Crippen LogP contribution < -0.4 is 5.32 Å². The first-order chi connectivity index (χ1) is 9.35. The molecule has 0 spiro atoms. The van der Waals surface area contributed by atoms with E-state index in [0.29, 0.717) is 5.56 Å². The van der Waals surface area contributed by atoms with E-state index in [0.717, 1.165) is 24.6 Å². The Kier molecular flexibility index (Phi) is 6.02. The Morgan fingerprint density at radius 3 is 2.30 bits per heavy atom. The fourth-order valence-corrected chi connectivity index (χ4v) is 2.40. The van der Waals surface area contributed by atoms with Crippen LogP contribution in [0.15, 0.2) is 18.2 Å². The molecule has 0 saturated heterocycles.